The van der Waals surface area contributed by atoms with E-state index in [1.165, 1.54) is 31.4 Å². The number of alkyl halides is 3. The van der Waals surface area contributed by atoms with Gasteiger partial charge in [0, 0.05) is 28.6 Å². The number of hydrogen-bond donors (Lipinski definition) is 0. The maximum Gasteiger partial charge on any atom is 0.416 e. The second-order valence-corrected chi connectivity index (χ2v) is 13.5. The zero-order valence-corrected chi connectivity index (χ0v) is 31.8. The molecule has 9 heteroatoms. The second kappa shape index (κ2) is 20.6. The molecule has 0 saturated heterocycles. The molecule has 1 atom stereocenters. The van der Waals surface area contributed by atoms with Crippen LogP contribution in [0.5, 0.6) is 0 Å². The van der Waals surface area contributed by atoms with Gasteiger partial charge in [0.1, 0.15) is 11.3 Å². The molecule has 1 aliphatic heterocycles. The SMILES string of the molecule is C=CC.CC(=O)c1csc2c1CCN(C(=O)c1cnc3ccccn13)C2.CCC/C=C(/C)C(C)CC.CCCc1cc(C)cc(C(F)(F)F)c1. The van der Waals surface area contributed by atoms with E-state index in [0.717, 1.165) is 46.0 Å². The van der Waals surface area contributed by atoms with Crippen LogP contribution in [0.15, 0.2) is 78.5 Å². The van der Waals surface area contributed by atoms with Crippen LogP contribution >= 0.6 is 11.3 Å². The number of imidazole rings is 1. The molecule has 0 aliphatic carbocycles. The van der Waals surface area contributed by atoms with E-state index in [-0.39, 0.29) is 11.7 Å². The summed E-state index contributed by atoms with van der Waals surface area (Å²) >= 11 is 1.57. The van der Waals surface area contributed by atoms with Gasteiger partial charge < -0.3 is 4.90 Å². The van der Waals surface area contributed by atoms with Gasteiger partial charge in [0.05, 0.1) is 18.3 Å². The maximum absolute atomic E-state index is 12.8. The predicted molar refractivity (Wildman–Crippen MR) is 202 cm³/mol. The zero-order valence-electron chi connectivity index (χ0n) is 31.0. The molecule has 1 amide bonds. The molecule has 4 heterocycles. The molecule has 1 aromatic carbocycles. The number of ketones is 1. The number of rotatable bonds is 8. The first-order valence-electron chi connectivity index (χ1n) is 17.4. The zero-order chi connectivity index (χ0) is 37.4. The fourth-order valence-electron chi connectivity index (χ4n) is 5.40. The van der Waals surface area contributed by atoms with Crippen molar-refractivity contribution < 1.29 is 22.8 Å². The van der Waals surface area contributed by atoms with Gasteiger partial charge in [-0.25, -0.2) is 4.98 Å². The van der Waals surface area contributed by atoms with Crippen LogP contribution in [0.1, 0.15) is 122 Å². The first-order valence-corrected chi connectivity index (χ1v) is 18.3. The number of halogens is 3. The molecule has 3 aromatic heterocycles. The third kappa shape index (κ3) is 12.4. The molecule has 50 heavy (non-hydrogen) atoms. The van der Waals surface area contributed by atoms with E-state index in [4.69, 9.17) is 0 Å². The van der Waals surface area contributed by atoms with Gasteiger partial charge in [-0.15, -0.1) is 17.9 Å². The highest BCUT2D eigenvalue weighted by Crippen LogP contribution is 2.31. The smallest absolute Gasteiger partial charge is 0.332 e. The van der Waals surface area contributed by atoms with Gasteiger partial charge in [0.15, 0.2) is 5.78 Å². The lowest BCUT2D eigenvalue weighted by atomic mass is 9.99. The standard InChI is InChI=1S/C17H15N3O2S.C11H13F3.C10H20.C3H6/c1-11(21)13-10-23-15-9-19(7-5-12(13)15)17(22)14-8-18-16-4-2-3-6-20(14)16;1-3-4-9-5-8(2)6-10(7-9)11(12,13)14;1-5-7-8-10(4)9(3)6-2;1-3-2/h2-4,6,8,10H,5,7,9H2,1H3;5-7H,3-4H2,1-2H3;8-9H,5-7H2,1-4H3;3H,1H2,2H3/b;;10-8-;. The monoisotopic (exact) mass is 709 g/mol. The lowest BCUT2D eigenvalue weighted by Crippen LogP contribution is -2.36. The third-order valence-electron chi connectivity index (χ3n) is 8.40. The number of pyridine rings is 1. The number of nitrogens with zero attached hydrogens (tertiary/aromatic N) is 3. The Morgan fingerprint density at radius 2 is 1.80 bits per heavy atom. The number of unbranched alkanes of at least 4 members (excludes halogenated alkanes) is 1. The first kappa shape index (κ1) is 42.2. The van der Waals surface area contributed by atoms with Gasteiger partial charge in [-0.3, -0.25) is 14.0 Å². The number of benzene rings is 1. The summed E-state index contributed by atoms with van der Waals surface area (Å²) in [4.78, 5) is 31.7. The van der Waals surface area contributed by atoms with Crippen molar-refractivity contribution in [2.45, 2.75) is 107 Å². The van der Waals surface area contributed by atoms with Crippen LogP contribution in [-0.2, 0) is 25.6 Å². The summed E-state index contributed by atoms with van der Waals surface area (Å²) in [6, 6.07) is 9.88. The number of thiophene rings is 1. The molecule has 5 nitrogen and oxygen atoms in total. The van der Waals surface area contributed by atoms with E-state index < -0.39 is 11.7 Å². The number of aryl methyl sites for hydroxylation is 2. The minimum Gasteiger partial charge on any atom is -0.332 e. The second-order valence-electron chi connectivity index (χ2n) is 12.6. The van der Waals surface area contributed by atoms with E-state index in [1.807, 2.05) is 52.9 Å². The van der Waals surface area contributed by atoms with Gasteiger partial charge in [0.2, 0.25) is 0 Å². The van der Waals surface area contributed by atoms with E-state index in [9.17, 15) is 22.8 Å². The average molecular weight is 710 g/mol. The molecule has 0 fully saturated rings. The minimum atomic E-state index is -4.23. The summed E-state index contributed by atoms with van der Waals surface area (Å²) in [7, 11) is 0. The van der Waals surface area contributed by atoms with Crippen molar-refractivity contribution in [1.82, 2.24) is 14.3 Å². The number of carbonyl (C=O) groups is 2. The molecule has 4 aromatic rings. The van der Waals surface area contributed by atoms with Crippen molar-refractivity contribution in [2.75, 3.05) is 6.54 Å². The predicted octanol–water partition coefficient (Wildman–Crippen LogP) is 11.7. The highest BCUT2D eigenvalue weighted by atomic mass is 32.1. The summed E-state index contributed by atoms with van der Waals surface area (Å²) in [5, 5.41) is 1.91. The van der Waals surface area contributed by atoms with Crippen molar-refractivity contribution >= 4 is 28.7 Å². The molecule has 0 spiro atoms. The third-order valence-corrected chi connectivity index (χ3v) is 9.41. The summed E-state index contributed by atoms with van der Waals surface area (Å²) in [6.07, 6.45) is 9.45. The highest BCUT2D eigenvalue weighted by Gasteiger charge is 2.31. The van der Waals surface area contributed by atoms with Crippen molar-refractivity contribution in [3.05, 3.63) is 117 Å². The van der Waals surface area contributed by atoms with Crippen LogP contribution in [-0.4, -0.2) is 32.5 Å². The summed E-state index contributed by atoms with van der Waals surface area (Å²) in [5.41, 5.74) is 5.72. The molecule has 0 radical (unpaired) electrons. The number of hydrogen-bond acceptors (Lipinski definition) is 4. The molecule has 0 N–H and O–H groups in total. The Morgan fingerprint density at radius 3 is 2.40 bits per heavy atom. The quantitative estimate of drug-likeness (QED) is 0.135. The van der Waals surface area contributed by atoms with Crippen LogP contribution in [0.2, 0.25) is 0 Å². The van der Waals surface area contributed by atoms with E-state index in [2.05, 4.69) is 45.3 Å². The van der Waals surface area contributed by atoms with Crippen LogP contribution in [0, 0.1) is 12.8 Å². The van der Waals surface area contributed by atoms with Gasteiger partial charge in [0.25, 0.3) is 5.91 Å². The number of Topliss-reactive ketones (excluding diaryl/α,β-unsaturated/α-hetero) is 1. The summed E-state index contributed by atoms with van der Waals surface area (Å²) in [6.45, 7) is 20.7. The number of fused-ring (bicyclic) bond motifs is 2. The largest absolute Gasteiger partial charge is 0.416 e. The Kier molecular flexibility index (Phi) is 17.4. The molecule has 5 rings (SSSR count). The van der Waals surface area contributed by atoms with Crippen molar-refractivity contribution in [3.63, 3.8) is 0 Å². The van der Waals surface area contributed by atoms with Gasteiger partial charge in [-0.2, -0.15) is 13.2 Å². The minimum absolute atomic E-state index is 0.0212. The Balaban J connectivity index is 0.000000275. The van der Waals surface area contributed by atoms with Gasteiger partial charge >= 0.3 is 6.18 Å². The highest BCUT2D eigenvalue weighted by molar-refractivity contribution is 7.10. The Bertz CT molecular complexity index is 1720. The molecule has 0 bridgehead atoms. The topological polar surface area (TPSA) is 54.7 Å². The van der Waals surface area contributed by atoms with Gasteiger partial charge in [-0.05, 0) is 94.7 Å². The number of carbonyl (C=O) groups excluding carboxylic acids is 2. The molecular weight excluding hydrogens is 656 g/mol. The Hall–Kier alpha value is -3.98. The van der Waals surface area contributed by atoms with Crippen LogP contribution < -0.4 is 0 Å². The Morgan fingerprint density at radius 1 is 1.10 bits per heavy atom. The van der Waals surface area contributed by atoms with E-state index in [1.54, 1.807) is 49.1 Å². The fraction of sp³-hybridized carbons (Fsp3) is 0.439. The van der Waals surface area contributed by atoms with Gasteiger partial charge in [-0.1, -0.05) is 76.0 Å². The molecule has 0 saturated carbocycles. The summed E-state index contributed by atoms with van der Waals surface area (Å²) in [5.74, 6) is 0.864. The lowest BCUT2D eigenvalue weighted by molar-refractivity contribution is -0.137. The first-order chi connectivity index (χ1) is 23.7. The number of amides is 1. The van der Waals surface area contributed by atoms with Crippen LogP contribution in [0.3, 0.4) is 0 Å². The molecular formula is C41H54F3N3O2S. The normalized spacial score (nSPS) is 13.1. The molecule has 1 aliphatic rings. The summed E-state index contributed by atoms with van der Waals surface area (Å²) < 4.78 is 39.0. The van der Waals surface area contributed by atoms with E-state index in [0.29, 0.717) is 30.8 Å². The van der Waals surface area contributed by atoms with Crippen molar-refractivity contribution in [1.29, 1.82) is 0 Å². The van der Waals surface area contributed by atoms with Crippen molar-refractivity contribution in [2.24, 2.45) is 5.92 Å². The molecule has 272 valence electrons. The number of allylic oxidation sites excluding steroid dienone is 3. The maximum atomic E-state index is 12.8. The fourth-order valence-corrected chi connectivity index (χ4v) is 6.56. The number of aromatic nitrogens is 2. The average Bonchev–Trinajstić information content (AvgIpc) is 3.71. The molecule has 1 unspecified atom stereocenters. The Labute approximate surface area is 300 Å². The van der Waals surface area contributed by atoms with Crippen molar-refractivity contribution in [3.8, 4) is 0 Å². The van der Waals surface area contributed by atoms with E-state index >= 15 is 0 Å². The van der Waals surface area contributed by atoms with Crippen LogP contribution in [0.25, 0.3) is 5.65 Å². The lowest BCUT2D eigenvalue weighted by Gasteiger charge is -2.27. The van der Waals surface area contributed by atoms with Crippen LogP contribution in [0.4, 0.5) is 13.2 Å².